The molecule has 2 aromatic heterocycles. The summed E-state index contributed by atoms with van der Waals surface area (Å²) in [6.07, 6.45) is 6.19. The van der Waals surface area contributed by atoms with Gasteiger partial charge in [0.25, 0.3) is 5.91 Å². The molecule has 2 aliphatic heterocycles. The SMILES string of the molecule is Cc1c(C(=O)N2CCc3nc(C4CCCCN4)ncc3C2)oc2ccccc12. The number of carbonyl (C=O) groups excluding carboxylic acids is 1. The monoisotopic (exact) mass is 376 g/mol. The van der Waals surface area contributed by atoms with Crippen LogP contribution in [0.25, 0.3) is 11.0 Å². The molecule has 1 N–H and O–H groups in total. The molecule has 1 saturated heterocycles. The van der Waals surface area contributed by atoms with Crippen molar-refractivity contribution in [3.8, 4) is 0 Å². The van der Waals surface area contributed by atoms with Crippen molar-refractivity contribution in [2.24, 2.45) is 0 Å². The highest BCUT2D eigenvalue weighted by Gasteiger charge is 2.28. The van der Waals surface area contributed by atoms with Crippen molar-refractivity contribution in [3.05, 3.63) is 58.9 Å². The molecule has 1 fully saturated rings. The van der Waals surface area contributed by atoms with Crippen LogP contribution in [0.4, 0.5) is 0 Å². The average Bonchev–Trinajstić information content (AvgIpc) is 3.10. The van der Waals surface area contributed by atoms with Crippen molar-refractivity contribution in [1.82, 2.24) is 20.2 Å². The number of hydrogen-bond acceptors (Lipinski definition) is 5. The van der Waals surface area contributed by atoms with E-state index in [4.69, 9.17) is 9.40 Å². The first-order chi connectivity index (χ1) is 13.7. The molecule has 1 atom stereocenters. The first-order valence-corrected chi connectivity index (χ1v) is 10.1. The van der Waals surface area contributed by atoms with E-state index in [0.717, 1.165) is 53.0 Å². The van der Waals surface area contributed by atoms with Gasteiger partial charge in [0.15, 0.2) is 5.76 Å². The zero-order valence-corrected chi connectivity index (χ0v) is 16.1. The number of piperidine rings is 1. The molecular weight excluding hydrogens is 352 g/mol. The second-order valence-corrected chi connectivity index (χ2v) is 7.73. The summed E-state index contributed by atoms with van der Waals surface area (Å²) in [5, 5.41) is 4.50. The molecule has 0 spiro atoms. The van der Waals surface area contributed by atoms with Crippen LogP contribution in [0, 0.1) is 6.92 Å². The van der Waals surface area contributed by atoms with E-state index in [9.17, 15) is 4.79 Å². The third-order valence-corrected chi connectivity index (χ3v) is 5.90. The molecule has 1 unspecified atom stereocenters. The van der Waals surface area contributed by atoms with Gasteiger partial charge in [0.2, 0.25) is 0 Å². The van der Waals surface area contributed by atoms with E-state index in [-0.39, 0.29) is 11.9 Å². The van der Waals surface area contributed by atoms with Crippen molar-refractivity contribution < 1.29 is 9.21 Å². The normalized spacial score (nSPS) is 19.6. The minimum absolute atomic E-state index is 0.0580. The van der Waals surface area contributed by atoms with Crippen LogP contribution in [0.1, 0.15) is 58.5 Å². The fourth-order valence-corrected chi connectivity index (χ4v) is 4.27. The lowest BCUT2D eigenvalue weighted by Crippen LogP contribution is -2.37. The first-order valence-electron chi connectivity index (χ1n) is 10.1. The van der Waals surface area contributed by atoms with Gasteiger partial charge in [-0.1, -0.05) is 24.6 Å². The summed E-state index contributed by atoms with van der Waals surface area (Å²) in [5.74, 6) is 1.28. The number of benzene rings is 1. The van der Waals surface area contributed by atoms with Crippen molar-refractivity contribution in [2.45, 2.75) is 45.2 Å². The highest BCUT2D eigenvalue weighted by atomic mass is 16.3. The smallest absolute Gasteiger partial charge is 0.290 e. The molecule has 0 bridgehead atoms. The standard InChI is InChI=1S/C22H24N4O2/c1-14-16-6-2-3-8-19(16)28-20(14)22(27)26-11-9-17-15(13-26)12-24-21(25-17)18-7-4-5-10-23-18/h2-3,6,8,12,18,23H,4-5,7,9-11,13H2,1H3. The number of nitrogens with zero attached hydrogens (tertiary/aromatic N) is 3. The molecule has 28 heavy (non-hydrogen) atoms. The van der Waals surface area contributed by atoms with Gasteiger partial charge in [-0.05, 0) is 32.4 Å². The number of amides is 1. The van der Waals surface area contributed by atoms with Crippen LogP contribution in [0.3, 0.4) is 0 Å². The van der Waals surface area contributed by atoms with E-state index < -0.39 is 0 Å². The third-order valence-electron chi connectivity index (χ3n) is 5.90. The summed E-state index contributed by atoms with van der Waals surface area (Å²) in [6, 6.07) is 8.04. The van der Waals surface area contributed by atoms with Crippen LogP contribution in [0.5, 0.6) is 0 Å². The maximum absolute atomic E-state index is 13.1. The fourth-order valence-electron chi connectivity index (χ4n) is 4.27. The number of rotatable bonds is 2. The molecule has 6 heteroatoms. The quantitative estimate of drug-likeness (QED) is 0.741. The van der Waals surface area contributed by atoms with Gasteiger partial charge in [-0.25, -0.2) is 9.97 Å². The maximum Gasteiger partial charge on any atom is 0.290 e. The molecule has 0 saturated carbocycles. The van der Waals surface area contributed by atoms with Crippen LogP contribution in [-0.4, -0.2) is 33.9 Å². The summed E-state index contributed by atoms with van der Waals surface area (Å²) < 4.78 is 5.87. The topological polar surface area (TPSA) is 71.3 Å². The van der Waals surface area contributed by atoms with Crippen molar-refractivity contribution in [2.75, 3.05) is 13.1 Å². The van der Waals surface area contributed by atoms with Crippen LogP contribution >= 0.6 is 0 Å². The second kappa shape index (κ2) is 7.02. The van der Waals surface area contributed by atoms with Gasteiger partial charge in [-0.3, -0.25) is 4.79 Å². The Morgan fingerprint density at radius 2 is 2.18 bits per heavy atom. The number of aryl methyl sites for hydroxylation is 1. The zero-order valence-electron chi connectivity index (χ0n) is 16.1. The van der Waals surface area contributed by atoms with Gasteiger partial charge in [-0.2, -0.15) is 0 Å². The summed E-state index contributed by atoms with van der Waals surface area (Å²) in [5.41, 5.74) is 3.77. The summed E-state index contributed by atoms with van der Waals surface area (Å²) in [4.78, 5) is 24.4. The van der Waals surface area contributed by atoms with Crippen molar-refractivity contribution >= 4 is 16.9 Å². The van der Waals surface area contributed by atoms with Crippen LogP contribution in [0.2, 0.25) is 0 Å². The highest BCUT2D eigenvalue weighted by molar-refractivity contribution is 5.99. The van der Waals surface area contributed by atoms with Gasteiger partial charge < -0.3 is 14.6 Å². The predicted molar refractivity (Wildman–Crippen MR) is 106 cm³/mol. The average molecular weight is 376 g/mol. The van der Waals surface area contributed by atoms with Crippen LogP contribution < -0.4 is 5.32 Å². The van der Waals surface area contributed by atoms with Gasteiger partial charge in [0.1, 0.15) is 11.4 Å². The zero-order chi connectivity index (χ0) is 19.1. The largest absolute Gasteiger partial charge is 0.451 e. The Labute approximate surface area is 164 Å². The molecule has 5 rings (SSSR count). The Morgan fingerprint density at radius 1 is 1.29 bits per heavy atom. The molecule has 3 aromatic rings. The van der Waals surface area contributed by atoms with E-state index >= 15 is 0 Å². The van der Waals surface area contributed by atoms with Gasteiger partial charge >= 0.3 is 0 Å². The van der Waals surface area contributed by atoms with E-state index in [0.29, 0.717) is 18.8 Å². The number of para-hydroxylation sites is 1. The molecular formula is C22H24N4O2. The van der Waals surface area contributed by atoms with Crippen molar-refractivity contribution in [1.29, 1.82) is 0 Å². The molecule has 0 radical (unpaired) electrons. The summed E-state index contributed by atoms with van der Waals surface area (Å²) in [7, 11) is 0. The van der Waals surface area contributed by atoms with Crippen molar-refractivity contribution in [3.63, 3.8) is 0 Å². The Morgan fingerprint density at radius 3 is 3.00 bits per heavy atom. The van der Waals surface area contributed by atoms with Gasteiger partial charge in [0, 0.05) is 42.2 Å². The lowest BCUT2D eigenvalue weighted by atomic mass is 10.0. The summed E-state index contributed by atoms with van der Waals surface area (Å²) >= 11 is 0. The maximum atomic E-state index is 13.1. The van der Waals surface area contributed by atoms with E-state index in [2.05, 4.69) is 10.3 Å². The molecule has 1 amide bonds. The Balaban J connectivity index is 1.37. The molecule has 4 heterocycles. The predicted octanol–water partition coefficient (Wildman–Crippen LogP) is 3.54. The lowest BCUT2D eigenvalue weighted by Gasteiger charge is -2.29. The Bertz CT molecular complexity index is 1040. The van der Waals surface area contributed by atoms with E-state index in [1.54, 1.807) is 0 Å². The van der Waals surface area contributed by atoms with Crippen LogP contribution in [-0.2, 0) is 13.0 Å². The van der Waals surface area contributed by atoms with E-state index in [1.165, 1.54) is 12.8 Å². The Kier molecular flexibility index (Phi) is 4.36. The fraction of sp³-hybridized carbons (Fsp3) is 0.409. The number of furan rings is 1. The molecule has 144 valence electrons. The molecule has 0 aliphatic carbocycles. The minimum atomic E-state index is -0.0580. The first kappa shape index (κ1) is 17.4. The van der Waals surface area contributed by atoms with E-state index in [1.807, 2.05) is 42.3 Å². The number of hydrogen-bond donors (Lipinski definition) is 1. The lowest BCUT2D eigenvalue weighted by molar-refractivity contribution is 0.0702. The van der Waals surface area contributed by atoms with Gasteiger partial charge in [-0.15, -0.1) is 0 Å². The Hall–Kier alpha value is -2.73. The molecule has 1 aromatic carbocycles. The minimum Gasteiger partial charge on any atom is -0.451 e. The summed E-state index contributed by atoms with van der Waals surface area (Å²) in [6.45, 7) is 4.16. The number of fused-ring (bicyclic) bond motifs is 2. The number of nitrogens with one attached hydrogen (secondary N) is 1. The third kappa shape index (κ3) is 2.98. The number of carbonyl (C=O) groups is 1. The highest BCUT2D eigenvalue weighted by Crippen LogP contribution is 2.28. The van der Waals surface area contributed by atoms with Gasteiger partial charge in [0.05, 0.1) is 11.7 Å². The molecule has 6 nitrogen and oxygen atoms in total. The van der Waals surface area contributed by atoms with Crippen LogP contribution in [0.15, 0.2) is 34.9 Å². The number of aromatic nitrogens is 2. The molecule has 2 aliphatic rings. The second-order valence-electron chi connectivity index (χ2n) is 7.73.